The summed E-state index contributed by atoms with van der Waals surface area (Å²) in [5, 5.41) is 3.62. The molecule has 0 aliphatic rings. The van der Waals surface area contributed by atoms with E-state index in [1.807, 2.05) is 0 Å². The van der Waals surface area contributed by atoms with Gasteiger partial charge in [-0.25, -0.2) is 4.68 Å². The fraction of sp³-hybridized carbons (Fsp3) is 0.182. The maximum Gasteiger partial charge on any atom is 0.333 e. The van der Waals surface area contributed by atoms with E-state index in [1.165, 1.54) is 6.20 Å². The van der Waals surface area contributed by atoms with Crippen molar-refractivity contribution in [2.45, 2.75) is 6.55 Å². The highest BCUT2D eigenvalue weighted by Crippen LogP contribution is 2.31. The minimum absolute atomic E-state index is 0.350. The van der Waals surface area contributed by atoms with Gasteiger partial charge in [0.2, 0.25) is 0 Å². The zero-order valence-corrected chi connectivity index (χ0v) is 10.5. The van der Waals surface area contributed by atoms with Gasteiger partial charge in [-0.3, -0.25) is 0 Å². The maximum absolute atomic E-state index is 12.7. The molecule has 1 heterocycles. The van der Waals surface area contributed by atoms with Crippen molar-refractivity contribution in [3.8, 4) is 17.0 Å². The first-order valence-corrected chi connectivity index (χ1v) is 5.58. The summed E-state index contributed by atoms with van der Waals surface area (Å²) in [6, 6.07) is 6.84. The molecule has 6 heteroatoms. The van der Waals surface area contributed by atoms with E-state index < -0.39 is 6.55 Å². The molecule has 0 unspecified atom stereocenters. The number of aromatic nitrogens is 2. The summed E-state index contributed by atoms with van der Waals surface area (Å²) in [6.45, 7) is -2.67. The summed E-state index contributed by atoms with van der Waals surface area (Å²) in [6.07, 6.45) is 1.35. The van der Waals surface area contributed by atoms with E-state index in [-0.39, 0.29) is 0 Å². The largest absolute Gasteiger partial charge is 0.497 e. The van der Waals surface area contributed by atoms with Crippen LogP contribution >= 0.6 is 15.9 Å². The number of rotatable bonds is 3. The molecule has 0 N–H and O–H groups in total. The van der Waals surface area contributed by atoms with Crippen molar-refractivity contribution in [1.29, 1.82) is 0 Å². The van der Waals surface area contributed by atoms with Gasteiger partial charge in [-0.05, 0) is 40.2 Å². The molecule has 90 valence electrons. The van der Waals surface area contributed by atoms with Crippen LogP contribution in [0.1, 0.15) is 6.55 Å². The van der Waals surface area contributed by atoms with Crippen molar-refractivity contribution in [1.82, 2.24) is 9.78 Å². The first-order chi connectivity index (χ1) is 8.13. The van der Waals surface area contributed by atoms with Crippen LogP contribution in [-0.2, 0) is 0 Å². The molecule has 2 aromatic rings. The molecular weight excluding hydrogens is 294 g/mol. The summed E-state index contributed by atoms with van der Waals surface area (Å²) >= 11 is 3.21. The molecule has 0 aliphatic carbocycles. The summed E-state index contributed by atoms with van der Waals surface area (Å²) < 4.78 is 31.7. The number of hydrogen-bond acceptors (Lipinski definition) is 2. The van der Waals surface area contributed by atoms with Crippen LogP contribution in [0, 0.1) is 0 Å². The van der Waals surface area contributed by atoms with Crippen molar-refractivity contribution in [3.63, 3.8) is 0 Å². The smallest absolute Gasteiger partial charge is 0.333 e. The van der Waals surface area contributed by atoms with Crippen LogP contribution in [0.3, 0.4) is 0 Å². The van der Waals surface area contributed by atoms with E-state index in [0.29, 0.717) is 26.2 Å². The third kappa shape index (κ3) is 2.31. The zero-order chi connectivity index (χ0) is 12.4. The Morgan fingerprint density at radius 2 is 1.94 bits per heavy atom. The number of methoxy groups -OCH3 is 1. The van der Waals surface area contributed by atoms with Crippen molar-refractivity contribution in [3.05, 3.63) is 34.9 Å². The second-order valence-electron chi connectivity index (χ2n) is 3.29. The molecule has 3 nitrogen and oxygen atoms in total. The van der Waals surface area contributed by atoms with E-state index in [1.54, 1.807) is 31.4 Å². The lowest BCUT2D eigenvalue weighted by atomic mass is 10.1. The fourth-order valence-corrected chi connectivity index (χ4v) is 2.01. The maximum atomic E-state index is 12.7. The predicted octanol–water partition coefficient (Wildman–Crippen LogP) is 3.72. The van der Waals surface area contributed by atoms with Crippen molar-refractivity contribution in [2.75, 3.05) is 7.11 Å². The molecular formula is C11H9BrF2N2O. The molecule has 0 radical (unpaired) electrons. The molecule has 1 aromatic heterocycles. The lowest BCUT2D eigenvalue weighted by Crippen LogP contribution is -2.02. The quantitative estimate of drug-likeness (QED) is 0.864. The van der Waals surface area contributed by atoms with E-state index in [0.717, 1.165) is 0 Å². The minimum atomic E-state index is -2.67. The molecule has 2 rings (SSSR count). The molecule has 0 saturated carbocycles. The molecule has 17 heavy (non-hydrogen) atoms. The SMILES string of the molecule is COc1ccc(-c2c(Br)cnn2C(F)F)cc1. The van der Waals surface area contributed by atoms with Crippen LogP contribution in [0.5, 0.6) is 5.75 Å². The van der Waals surface area contributed by atoms with Gasteiger partial charge in [0.15, 0.2) is 0 Å². The third-order valence-corrected chi connectivity index (χ3v) is 2.88. The number of nitrogens with zero attached hydrogens (tertiary/aromatic N) is 2. The van der Waals surface area contributed by atoms with Crippen LogP contribution in [0.4, 0.5) is 8.78 Å². The van der Waals surface area contributed by atoms with E-state index >= 15 is 0 Å². The average Bonchev–Trinajstić information content (AvgIpc) is 2.71. The average molecular weight is 303 g/mol. The van der Waals surface area contributed by atoms with E-state index in [2.05, 4.69) is 21.0 Å². The van der Waals surface area contributed by atoms with Gasteiger partial charge < -0.3 is 4.74 Å². The highest BCUT2D eigenvalue weighted by Gasteiger charge is 2.17. The fourth-order valence-electron chi connectivity index (χ4n) is 1.51. The molecule has 0 amide bonds. The van der Waals surface area contributed by atoms with Gasteiger partial charge >= 0.3 is 6.55 Å². The molecule has 1 aromatic carbocycles. The summed E-state index contributed by atoms with van der Waals surface area (Å²) in [4.78, 5) is 0. The highest BCUT2D eigenvalue weighted by molar-refractivity contribution is 9.10. The van der Waals surface area contributed by atoms with Gasteiger partial charge in [-0.1, -0.05) is 0 Å². The Labute approximate surface area is 105 Å². The molecule has 0 bridgehead atoms. The topological polar surface area (TPSA) is 27.1 Å². The number of ether oxygens (including phenoxy) is 1. The first-order valence-electron chi connectivity index (χ1n) is 4.79. The normalized spacial score (nSPS) is 10.9. The number of halogens is 3. The van der Waals surface area contributed by atoms with E-state index in [9.17, 15) is 8.78 Å². The Kier molecular flexibility index (Phi) is 3.42. The summed E-state index contributed by atoms with van der Waals surface area (Å²) in [7, 11) is 1.55. The Morgan fingerprint density at radius 1 is 1.29 bits per heavy atom. The van der Waals surface area contributed by atoms with Crippen LogP contribution in [0.25, 0.3) is 11.3 Å². The lowest BCUT2D eigenvalue weighted by molar-refractivity contribution is 0.0585. The van der Waals surface area contributed by atoms with Gasteiger partial charge in [-0.2, -0.15) is 13.9 Å². The van der Waals surface area contributed by atoms with Gasteiger partial charge in [0.25, 0.3) is 0 Å². The molecule has 0 aliphatic heterocycles. The van der Waals surface area contributed by atoms with E-state index in [4.69, 9.17) is 4.74 Å². The zero-order valence-electron chi connectivity index (χ0n) is 8.90. The van der Waals surface area contributed by atoms with Gasteiger partial charge in [0.05, 0.1) is 23.5 Å². The van der Waals surface area contributed by atoms with Crippen LogP contribution in [0.15, 0.2) is 34.9 Å². The van der Waals surface area contributed by atoms with Crippen LogP contribution < -0.4 is 4.74 Å². The molecule has 0 saturated heterocycles. The first kappa shape index (κ1) is 12.0. The standard InChI is InChI=1S/C11H9BrF2N2O/c1-17-8-4-2-7(3-5-8)10-9(12)6-15-16(10)11(13)14/h2-6,11H,1H3. The molecule has 0 spiro atoms. The van der Waals surface area contributed by atoms with Crippen LogP contribution in [0.2, 0.25) is 0 Å². The monoisotopic (exact) mass is 302 g/mol. The molecule has 0 atom stereocenters. The summed E-state index contributed by atoms with van der Waals surface area (Å²) in [5.74, 6) is 0.674. The van der Waals surface area contributed by atoms with Crippen molar-refractivity contribution in [2.24, 2.45) is 0 Å². The second-order valence-corrected chi connectivity index (χ2v) is 4.15. The highest BCUT2D eigenvalue weighted by atomic mass is 79.9. The number of hydrogen-bond donors (Lipinski definition) is 0. The number of benzene rings is 1. The third-order valence-electron chi connectivity index (χ3n) is 2.30. The Balaban J connectivity index is 2.48. The second kappa shape index (κ2) is 4.83. The van der Waals surface area contributed by atoms with Crippen molar-refractivity contribution < 1.29 is 13.5 Å². The Morgan fingerprint density at radius 3 is 2.47 bits per heavy atom. The Hall–Kier alpha value is -1.43. The summed E-state index contributed by atoms with van der Waals surface area (Å²) in [5.41, 5.74) is 0.998. The van der Waals surface area contributed by atoms with Crippen molar-refractivity contribution >= 4 is 15.9 Å². The number of alkyl halides is 2. The molecule has 0 fully saturated rings. The van der Waals surface area contributed by atoms with Gasteiger partial charge in [0, 0.05) is 5.56 Å². The van der Waals surface area contributed by atoms with Crippen LogP contribution in [-0.4, -0.2) is 16.9 Å². The lowest BCUT2D eigenvalue weighted by Gasteiger charge is -2.07. The van der Waals surface area contributed by atoms with Gasteiger partial charge in [0.1, 0.15) is 5.75 Å². The minimum Gasteiger partial charge on any atom is -0.497 e. The predicted molar refractivity (Wildman–Crippen MR) is 63.2 cm³/mol. The van der Waals surface area contributed by atoms with Gasteiger partial charge in [-0.15, -0.1) is 0 Å². The Bertz CT molecular complexity index is 511.